The number of Topliss-reactive ketones (excluding diaryl/α,β-unsaturated/α-hetero) is 1. The highest BCUT2D eigenvalue weighted by atomic mass is 16.1. The van der Waals surface area contributed by atoms with E-state index in [1.807, 2.05) is 0 Å². The monoisotopic (exact) mass is 253 g/mol. The number of hydrogen-bond donors (Lipinski definition) is 1. The fraction of sp³-hybridized carbons (Fsp3) is 0.938. The summed E-state index contributed by atoms with van der Waals surface area (Å²) in [6.45, 7) is 7.31. The molecule has 3 atom stereocenters. The lowest BCUT2D eigenvalue weighted by Gasteiger charge is -2.31. The summed E-state index contributed by atoms with van der Waals surface area (Å²) in [5, 5.41) is 0. The number of carbonyl (C=O) groups excluding carboxylic acids is 1. The Morgan fingerprint density at radius 2 is 1.94 bits per heavy atom. The van der Waals surface area contributed by atoms with E-state index in [0.717, 1.165) is 25.7 Å². The molecule has 1 rings (SSSR count). The fourth-order valence-electron chi connectivity index (χ4n) is 3.49. The zero-order valence-electron chi connectivity index (χ0n) is 12.5. The van der Waals surface area contributed by atoms with Crippen LogP contribution in [-0.2, 0) is 4.79 Å². The van der Waals surface area contributed by atoms with Crippen LogP contribution >= 0.6 is 0 Å². The van der Waals surface area contributed by atoms with Gasteiger partial charge in [-0.1, -0.05) is 40.0 Å². The Kier molecular flexibility index (Phi) is 6.91. The van der Waals surface area contributed by atoms with Gasteiger partial charge in [-0.25, -0.2) is 0 Å². The first-order chi connectivity index (χ1) is 8.58. The van der Waals surface area contributed by atoms with Crippen molar-refractivity contribution in [1.82, 2.24) is 0 Å². The summed E-state index contributed by atoms with van der Waals surface area (Å²) < 4.78 is 0. The van der Waals surface area contributed by atoms with Gasteiger partial charge in [0.05, 0.1) is 0 Å². The van der Waals surface area contributed by atoms with E-state index < -0.39 is 0 Å². The van der Waals surface area contributed by atoms with Gasteiger partial charge in [-0.3, -0.25) is 4.79 Å². The Bertz CT molecular complexity index is 249. The molecule has 2 N–H and O–H groups in total. The van der Waals surface area contributed by atoms with Gasteiger partial charge >= 0.3 is 0 Å². The summed E-state index contributed by atoms with van der Waals surface area (Å²) in [6, 6.07) is 0. The molecule has 3 unspecified atom stereocenters. The van der Waals surface area contributed by atoms with Gasteiger partial charge in [0.2, 0.25) is 0 Å². The Labute approximate surface area is 113 Å². The average Bonchev–Trinajstić information content (AvgIpc) is 2.37. The predicted molar refractivity (Wildman–Crippen MR) is 77.4 cm³/mol. The van der Waals surface area contributed by atoms with E-state index in [1.54, 1.807) is 0 Å². The number of ketones is 1. The van der Waals surface area contributed by atoms with Gasteiger partial charge in [-0.05, 0) is 43.6 Å². The molecule has 0 bridgehead atoms. The maximum Gasteiger partial charge on any atom is 0.136 e. The Morgan fingerprint density at radius 3 is 2.50 bits per heavy atom. The van der Waals surface area contributed by atoms with Gasteiger partial charge in [0.15, 0.2) is 0 Å². The Hall–Kier alpha value is -0.370. The topological polar surface area (TPSA) is 43.1 Å². The smallest absolute Gasteiger partial charge is 0.136 e. The number of carbonyl (C=O) groups is 1. The third-order valence-corrected chi connectivity index (χ3v) is 4.47. The molecule has 1 fully saturated rings. The van der Waals surface area contributed by atoms with Gasteiger partial charge in [0, 0.05) is 12.3 Å². The Morgan fingerprint density at radius 1 is 1.28 bits per heavy atom. The number of hydrogen-bond acceptors (Lipinski definition) is 2. The van der Waals surface area contributed by atoms with Gasteiger partial charge in [0.1, 0.15) is 5.78 Å². The maximum atomic E-state index is 12.5. The highest BCUT2D eigenvalue weighted by molar-refractivity contribution is 5.81. The molecule has 1 saturated carbocycles. The molecule has 0 heterocycles. The molecule has 2 heteroatoms. The quantitative estimate of drug-likeness (QED) is 0.750. The van der Waals surface area contributed by atoms with Crippen molar-refractivity contribution in [3.05, 3.63) is 0 Å². The number of rotatable bonds is 7. The van der Waals surface area contributed by atoms with Crippen molar-refractivity contribution >= 4 is 5.78 Å². The van der Waals surface area contributed by atoms with E-state index in [1.165, 1.54) is 19.3 Å². The van der Waals surface area contributed by atoms with Crippen LogP contribution in [0.3, 0.4) is 0 Å². The predicted octanol–water partition coefficient (Wildman–Crippen LogP) is 3.78. The zero-order valence-corrected chi connectivity index (χ0v) is 12.5. The maximum absolute atomic E-state index is 12.5. The van der Waals surface area contributed by atoms with E-state index >= 15 is 0 Å². The zero-order chi connectivity index (χ0) is 13.5. The van der Waals surface area contributed by atoms with Crippen molar-refractivity contribution in [2.45, 2.75) is 65.7 Å². The van der Waals surface area contributed by atoms with Crippen molar-refractivity contribution in [2.75, 3.05) is 6.54 Å². The number of nitrogens with two attached hydrogens (primary N) is 1. The molecule has 2 nitrogen and oxygen atoms in total. The van der Waals surface area contributed by atoms with Gasteiger partial charge in [0.25, 0.3) is 0 Å². The van der Waals surface area contributed by atoms with Crippen molar-refractivity contribution in [3.63, 3.8) is 0 Å². The molecule has 0 aromatic rings. The van der Waals surface area contributed by atoms with Crippen molar-refractivity contribution in [3.8, 4) is 0 Å². The normalized spacial score (nSPS) is 26.3. The van der Waals surface area contributed by atoms with Crippen molar-refractivity contribution in [1.29, 1.82) is 0 Å². The van der Waals surface area contributed by atoms with Crippen LogP contribution in [-0.4, -0.2) is 12.3 Å². The van der Waals surface area contributed by atoms with Crippen LogP contribution in [0, 0.1) is 23.7 Å². The second-order valence-corrected chi connectivity index (χ2v) is 6.46. The third kappa shape index (κ3) is 4.72. The summed E-state index contributed by atoms with van der Waals surface area (Å²) in [5.74, 6) is 2.52. The van der Waals surface area contributed by atoms with Crippen LogP contribution in [0.5, 0.6) is 0 Å². The molecule has 0 aromatic heterocycles. The summed E-state index contributed by atoms with van der Waals surface area (Å²) in [7, 11) is 0. The molecule has 0 saturated heterocycles. The first kappa shape index (κ1) is 15.7. The fourth-order valence-corrected chi connectivity index (χ4v) is 3.49. The molecule has 0 aliphatic heterocycles. The van der Waals surface area contributed by atoms with Crippen LogP contribution in [0.1, 0.15) is 65.7 Å². The summed E-state index contributed by atoms with van der Waals surface area (Å²) in [4.78, 5) is 12.5. The molecule has 1 aliphatic rings. The Balaban J connectivity index is 2.51. The van der Waals surface area contributed by atoms with E-state index in [2.05, 4.69) is 20.8 Å². The molecule has 0 radical (unpaired) electrons. The van der Waals surface area contributed by atoms with Crippen molar-refractivity contribution in [2.24, 2.45) is 29.4 Å². The summed E-state index contributed by atoms with van der Waals surface area (Å²) >= 11 is 0. The lowest BCUT2D eigenvalue weighted by Crippen LogP contribution is -2.30. The standard InChI is InChI=1S/C16H31NO/c1-4-14-7-5-6-8-15(14)16(18)10-13(11-17)9-12(2)3/h12-15H,4-11,17H2,1-3H3. The minimum atomic E-state index is 0.338. The minimum absolute atomic E-state index is 0.338. The largest absolute Gasteiger partial charge is 0.330 e. The van der Waals surface area contributed by atoms with Crippen LogP contribution in [0.4, 0.5) is 0 Å². The van der Waals surface area contributed by atoms with Gasteiger partial charge < -0.3 is 5.73 Å². The second-order valence-electron chi connectivity index (χ2n) is 6.46. The summed E-state index contributed by atoms with van der Waals surface area (Å²) in [5.41, 5.74) is 5.81. The summed E-state index contributed by atoms with van der Waals surface area (Å²) in [6.07, 6.45) is 7.90. The molecule has 0 spiro atoms. The molecule has 106 valence electrons. The van der Waals surface area contributed by atoms with E-state index in [-0.39, 0.29) is 0 Å². The second kappa shape index (κ2) is 7.93. The molecule has 18 heavy (non-hydrogen) atoms. The van der Waals surface area contributed by atoms with Crippen LogP contribution in [0.15, 0.2) is 0 Å². The highest BCUT2D eigenvalue weighted by Crippen LogP contribution is 2.34. The van der Waals surface area contributed by atoms with E-state index in [0.29, 0.717) is 36.0 Å². The van der Waals surface area contributed by atoms with Gasteiger partial charge in [-0.2, -0.15) is 0 Å². The van der Waals surface area contributed by atoms with Crippen LogP contribution in [0.2, 0.25) is 0 Å². The minimum Gasteiger partial charge on any atom is -0.330 e. The van der Waals surface area contributed by atoms with Gasteiger partial charge in [-0.15, -0.1) is 0 Å². The molecule has 0 amide bonds. The molecule has 0 aromatic carbocycles. The SMILES string of the molecule is CCC1CCCCC1C(=O)CC(CN)CC(C)C. The lowest BCUT2D eigenvalue weighted by molar-refractivity contribution is -0.126. The molecule has 1 aliphatic carbocycles. The highest BCUT2D eigenvalue weighted by Gasteiger charge is 2.30. The van der Waals surface area contributed by atoms with E-state index in [4.69, 9.17) is 5.73 Å². The lowest BCUT2D eigenvalue weighted by atomic mass is 9.73. The molecular formula is C16H31NO. The first-order valence-corrected chi connectivity index (χ1v) is 7.81. The van der Waals surface area contributed by atoms with Crippen LogP contribution in [0.25, 0.3) is 0 Å². The first-order valence-electron chi connectivity index (χ1n) is 7.81. The third-order valence-electron chi connectivity index (χ3n) is 4.47. The average molecular weight is 253 g/mol. The molecular weight excluding hydrogens is 222 g/mol. The van der Waals surface area contributed by atoms with Crippen LogP contribution < -0.4 is 5.73 Å². The van der Waals surface area contributed by atoms with Crippen molar-refractivity contribution < 1.29 is 4.79 Å². The van der Waals surface area contributed by atoms with E-state index in [9.17, 15) is 4.79 Å².